The van der Waals surface area contributed by atoms with Gasteiger partial charge in [-0.3, -0.25) is 4.79 Å². The lowest BCUT2D eigenvalue weighted by Crippen LogP contribution is -2.28. The van der Waals surface area contributed by atoms with Crippen LogP contribution in [0.4, 0.5) is 5.82 Å². The van der Waals surface area contributed by atoms with E-state index >= 15 is 0 Å². The molecule has 2 aromatic rings. The molecule has 0 spiro atoms. The minimum atomic E-state index is -3.70. The zero-order valence-corrected chi connectivity index (χ0v) is 18.7. The summed E-state index contributed by atoms with van der Waals surface area (Å²) in [5.41, 5.74) is 1.17. The molecule has 0 aliphatic carbocycles. The number of aromatic nitrogens is 1. The van der Waals surface area contributed by atoms with Gasteiger partial charge in [-0.25, -0.2) is 18.1 Å². The first-order valence-corrected chi connectivity index (χ1v) is 12.0. The Morgan fingerprint density at radius 2 is 1.90 bits per heavy atom. The molecule has 31 heavy (non-hydrogen) atoms. The normalized spacial score (nSPS) is 14.8. The maximum atomic E-state index is 12.5. The molecule has 1 amide bonds. The summed E-state index contributed by atoms with van der Waals surface area (Å²) >= 11 is 0. The monoisotopic (exact) mass is 446 g/mol. The molecule has 0 bridgehead atoms. The van der Waals surface area contributed by atoms with Crippen molar-refractivity contribution < 1.29 is 17.9 Å². The first-order chi connectivity index (χ1) is 15.0. The lowest BCUT2D eigenvalue weighted by molar-refractivity contribution is 0.0950. The Bertz CT molecular complexity index is 956. The van der Waals surface area contributed by atoms with Gasteiger partial charge in [-0.1, -0.05) is 25.0 Å². The van der Waals surface area contributed by atoms with Gasteiger partial charge in [0.1, 0.15) is 5.82 Å². The van der Waals surface area contributed by atoms with Crippen LogP contribution in [0.1, 0.15) is 41.6 Å². The molecule has 0 atom stereocenters. The summed E-state index contributed by atoms with van der Waals surface area (Å²) in [5, 5.41) is 2.83. The van der Waals surface area contributed by atoms with Crippen LogP contribution in [-0.4, -0.2) is 52.7 Å². The van der Waals surface area contributed by atoms with Gasteiger partial charge in [-0.2, -0.15) is 0 Å². The SMILES string of the molecule is COCCNS(=O)(=O)c1cccc(C(=O)NCc2ccc(N3CCCCCC3)nc2)c1. The Kier molecular flexibility index (Phi) is 8.39. The molecule has 1 aliphatic heterocycles. The zero-order chi connectivity index (χ0) is 22.1. The third kappa shape index (κ3) is 6.75. The average Bonchev–Trinajstić information content (AvgIpc) is 3.08. The van der Waals surface area contributed by atoms with Gasteiger partial charge in [0.15, 0.2) is 0 Å². The fourth-order valence-corrected chi connectivity index (χ4v) is 4.52. The van der Waals surface area contributed by atoms with E-state index in [2.05, 4.69) is 19.9 Å². The number of hydrogen-bond donors (Lipinski definition) is 2. The molecule has 0 unspecified atom stereocenters. The molecule has 8 nitrogen and oxygen atoms in total. The number of hydrogen-bond acceptors (Lipinski definition) is 6. The van der Waals surface area contributed by atoms with Crippen LogP contribution < -0.4 is 14.9 Å². The molecule has 1 aromatic heterocycles. The Morgan fingerprint density at radius 1 is 1.13 bits per heavy atom. The number of carbonyl (C=O) groups excluding carboxylic acids is 1. The van der Waals surface area contributed by atoms with E-state index < -0.39 is 10.0 Å². The van der Waals surface area contributed by atoms with E-state index in [9.17, 15) is 13.2 Å². The van der Waals surface area contributed by atoms with Crippen molar-refractivity contribution in [1.82, 2.24) is 15.0 Å². The van der Waals surface area contributed by atoms with E-state index in [0.717, 1.165) is 24.5 Å². The van der Waals surface area contributed by atoms with Crippen molar-refractivity contribution in [3.8, 4) is 0 Å². The van der Waals surface area contributed by atoms with Crippen LogP contribution >= 0.6 is 0 Å². The maximum absolute atomic E-state index is 12.5. The maximum Gasteiger partial charge on any atom is 0.251 e. The Morgan fingerprint density at radius 3 is 2.58 bits per heavy atom. The predicted molar refractivity (Wildman–Crippen MR) is 120 cm³/mol. The summed E-state index contributed by atoms with van der Waals surface area (Å²) in [6, 6.07) is 9.92. The number of pyridine rings is 1. The number of methoxy groups -OCH3 is 1. The van der Waals surface area contributed by atoms with Gasteiger partial charge in [-0.15, -0.1) is 0 Å². The van der Waals surface area contributed by atoms with Crippen LogP contribution in [0.3, 0.4) is 0 Å². The third-order valence-corrected chi connectivity index (χ3v) is 6.66. The highest BCUT2D eigenvalue weighted by Crippen LogP contribution is 2.17. The molecule has 0 radical (unpaired) electrons. The second-order valence-electron chi connectivity index (χ2n) is 7.53. The zero-order valence-electron chi connectivity index (χ0n) is 17.8. The summed E-state index contributed by atoms with van der Waals surface area (Å²) in [6.45, 7) is 2.81. The summed E-state index contributed by atoms with van der Waals surface area (Å²) in [6.07, 6.45) is 6.70. The Labute approximate surface area is 184 Å². The molecule has 168 valence electrons. The van der Waals surface area contributed by atoms with Gasteiger partial charge in [0.25, 0.3) is 5.91 Å². The highest BCUT2D eigenvalue weighted by molar-refractivity contribution is 7.89. The summed E-state index contributed by atoms with van der Waals surface area (Å²) in [4.78, 5) is 19.4. The van der Waals surface area contributed by atoms with Gasteiger partial charge in [0.05, 0.1) is 11.5 Å². The van der Waals surface area contributed by atoms with Crippen molar-refractivity contribution in [1.29, 1.82) is 0 Å². The van der Waals surface area contributed by atoms with Crippen molar-refractivity contribution >= 4 is 21.7 Å². The van der Waals surface area contributed by atoms with Crippen LogP contribution in [-0.2, 0) is 21.3 Å². The van der Waals surface area contributed by atoms with E-state index in [4.69, 9.17) is 4.74 Å². The standard InChI is InChI=1S/C22H30N4O4S/c1-30-14-11-25-31(28,29)20-8-6-7-19(15-20)22(27)24-17-18-9-10-21(23-16-18)26-12-4-2-3-5-13-26/h6-10,15-16,25H,2-5,11-14,17H2,1H3,(H,24,27). The highest BCUT2D eigenvalue weighted by Gasteiger charge is 2.16. The summed E-state index contributed by atoms with van der Waals surface area (Å²) in [5.74, 6) is 0.626. The van der Waals surface area contributed by atoms with Crippen LogP contribution in [0.2, 0.25) is 0 Å². The van der Waals surface area contributed by atoms with Crippen molar-refractivity contribution in [2.45, 2.75) is 37.1 Å². The second-order valence-corrected chi connectivity index (χ2v) is 9.29. The third-order valence-electron chi connectivity index (χ3n) is 5.20. The number of nitrogens with zero attached hydrogens (tertiary/aromatic N) is 2. The molecule has 1 fully saturated rings. The van der Waals surface area contributed by atoms with E-state index in [1.165, 1.54) is 44.9 Å². The fraction of sp³-hybridized carbons (Fsp3) is 0.455. The Balaban J connectivity index is 1.58. The van der Waals surface area contributed by atoms with Crippen molar-refractivity contribution in [2.75, 3.05) is 38.3 Å². The molecule has 9 heteroatoms. The van der Waals surface area contributed by atoms with Gasteiger partial charge in [0.2, 0.25) is 10.0 Å². The highest BCUT2D eigenvalue weighted by atomic mass is 32.2. The summed E-state index contributed by atoms with van der Waals surface area (Å²) in [7, 11) is -2.20. The lowest BCUT2D eigenvalue weighted by Gasteiger charge is -2.21. The lowest BCUT2D eigenvalue weighted by atomic mass is 10.2. The topological polar surface area (TPSA) is 101 Å². The minimum Gasteiger partial charge on any atom is -0.383 e. The molecule has 1 aliphatic rings. The van der Waals surface area contributed by atoms with Crippen LogP contribution in [0.25, 0.3) is 0 Å². The quantitative estimate of drug-likeness (QED) is 0.574. The molecule has 3 rings (SSSR count). The number of anilines is 1. The van der Waals surface area contributed by atoms with Crippen molar-refractivity contribution in [3.63, 3.8) is 0 Å². The smallest absolute Gasteiger partial charge is 0.251 e. The van der Waals surface area contributed by atoms with E-state index in [1.54, 1.807) is 18.3 Å². The number of rotatable bonds is 9. The minimum absolute atomic E-state index is 0.0414. The molecule has 1 saturated heterocycles. The first kappa shape index (κ1) is 23.2. The molecule has 0 saturated carbocycles. The van der Waals surface area contributed by atoms with Crippen LogP contribution in [0.5, 0.6) is 0 Å². The van der Waals surface area contributed by atoms with Crippen molar-refractivity contribution in [3.05, 3.63) is 53.7 Å². The summed E-state index contributed by atoms with van der Waals surface area (Å²) < 4.78 is 32.0. The van der Waals surface area contributed by atoms with Gasteiger partial charge in [-0.05, 0) is 42.7 Å². The predicted octanol–water partition coefficient (Wildman–Crippen LogP) is 2.32. The molecule has 2 heterocycles. The molecule has 1 aromatic carbocycles. The number of carbonyl (C=O) groups is 1. The first-order valence-electron chi connectivity index (χ1n) is 10.6. The number of ether oxygens (including phenoxy) is 1. The Hall–Kier alpha value is -2.49. The number of amides is 1. The van der Waals surface area contributed by atoms with Gasteiger partial charge in [0, 0.05) is 45.0 Å². The van der Waals surface area contributed by atoms with E-state index in [0.29, 0.717) is 6.54 Å². The van der Waals surface area contributed by atoms with Gasteiger partial charge >= 0.3 is 0 Å². The van der Waals surface area contributed by atoms with Gasteiger partial charge < -0.3 is 15.0 Å². The van der Waals surface area contributed by atoms with Crippen LogP contribution in [0, 0.1) is 0 Å². The second kappa shape index (κ2) is 11.2. The molecular weight excluding hydrogens is 416 g/mol. The van der Waals surface area contributed by atoms with E-state index in [1.807, 2.05) is 12.1 Å². The number of nitrogens with one attached hydrogen (secondary N) is 2. The van der Waals surface area contributed by atoms with E-state index in [-0.39, 0.29) is 29.5 Å². The van der Waals surface area contributed by atoms with Crippen molar-refractivity contribution in [2.24, 2.45) is 0 Å². The molecular formula is C22H30N4O4S. The van der Waals surface area contributed by atoms with Crippen LogP contribution in [0.15, 0.2) is 47.5 Å². The fourth-order valence-electron chi connectivity index (χ4n) is 3.46. The largest absolute Gasteiger partial charge is 0.383 e. The molecule has 2 N–H and O–H groups in total. The number of benzene rings is 1. The number of sulfonamides is 1. The average molecular weight is 447 g/mol.